The van der Waals surface area contributed by atoms with E-state index in [0.717, 1.165) is 21.0 Å². The summed E-state index contributed by atoms with van der Waals surface area (Å²) in [6.45, 7) is 12.6. The highest BCUT2D eigenvalue weighted by Gasteiger charge is 2.35. The van der Waals surface area contributed by atoms with Gasteiger partial charge >= 0.3 is 0 Å². The van der Waals surface area contributed by atoms with Crippen LogP contribution in [0.1, 0.15) is 56.4 Å². The summed E-state index contributed by atoms with van der Waals surface area (Å²) in [6, 6.07) is 18.3. The Labute approximate surface area is 249 Å². The zero-order valence-electron chi connectivity index (χ0n) is 24.9. The van der Waals surface area contributed by atoms with Crippen molar-refractivity contribution in [2.24, 2.45) is 0 Å². The molecule has 0 aliphatic carbocycles. The number of halogens is 1. The predicted octanol–water partition coefficient (Wildman–Crippen LogP) is 6.18. The second-order valence-electron chi connectivity index (χ2n) is 11.4. The van der Waals surface area contributed by atoms with Crippen molar-refractivity contribution in [3.63, 3.8) is 0 Å². The Balaban J connectivity index is 2.12. The molecule has 0 aliphatic heterocycles. The number of carbonyl (C=O) groups excluding carboxylic acids is 2. The fourth-order valence-electron chi connectivity index (χ4n) is 4.60. The highest BCUT2D eigenvalue weighted by molar-refractivity contribution is 7.92. The lowest BCUT2D eigenvalue weighted by Gasteiger charge is -2.35. The summed E-state index contributed by atoms with van der Waals surface area (Å²) in [5, 5.41) is 3.36. The molecule has 41 heavy (non-hydrogen) atoms. The maximum Gasteiger partial charge on any atom is 0.264 e. The van der Waals surface area contributed by atoms with E-state index in [4.69, 9.17) is 11.6 Å². The number of aryl methyl sites for hydroxylation is 2. The van der Waals surface area contributed by atoms with Gasteiger partial charge in [-0.05, 0) is 83.4 Å². The number of nitrogens with zero attached hydrogens (tertiary/aromatic N) is 2. The first kappa shape index (κ1) is 32.2. The predicted molar refractivity (Wildman–Crippen MR) is 166 cm³/mol. The molecule has 3 aromatic carbocycles. The number of rotatable bonds is 10. The summed E-state index contributed by atoms with van der Waals surface area (Å²) < 4.78 is 29.2. The van der Waals surface area contributed by atoms with Gasteiger partial charge < -0.3 is 10.2 Å². The molecule has 0 fully saturated rings. The van der Waals surface area contributed by atoms with Gasteiger partial charge in [-0.25, -0.2) is 8.42 Å². The molecule has 0 spiro atoms. The van der Waals surface area contributed by atoms with Crippen LogP contribution in [0.3, 0.4) is 0 Å². The molecule has 0 heterocycles. The average molecular weight is 598 g/mol. The number of benzene rings is 3. The molecule has 1 atom stereocenters. The Morgan fingerprint density at radius 2 is 1.56 bits per heavy atom. The van der Waals surface area contributed by atoms with E-state index < -0.39 is 34.1 Å². The summed E-state index contributed by atoms with van der Waals surface area (Å²) in [7, 11) is -4.17. The maximum absolute atomic E-state index is 14.2. The van der Waals surface area contributed by atoms with Crippen LogP contribution in [0.5, 0.6) is 0 Å². The molecule has 0 saturated heterocycles. The number of anilines is 1. The van der Waals surface area contributed by atoms with Gasteiger partial charge in [0.1, 0.15) is 12.6 Å². The fourth-order valence-corrected chi connectivity index (χ4v) is 6.24. The van der Waals surface area contributed by atoms with Crippen LogP contribution in [0.25, 0.3) is 0 Å². The second kappa shape index (κ2) is 13.1. The number of amides is 2. The molecule has 3 rings (SSSR count). The Bertz CT molecular complexity index is 1500. The van der Waals surface area contributed by atoms with E-state index in [2.05, 4.69) is 5.32 Å². The second-order valence-corrected chi connectivity index (χ2v) is 13.7. The van der Waals surface area contributed by atoms with E-state index in [-0.39, 0.29) is 17.3 Å². The van der Waals surface area contributed by atoms with Crippen molar-refractivity contribution in [3.05, 3.63) is 94.0 Å². The van der Waals surface area contributed by atoms with Crippen LogP contribution in [-0.2, 0) is 26.2 Å². The summed E-state index contributed by atoms with van der Waals surface area (Å²) >= 11 is 6.40. The minimum Gasteiger partial charge on any atom is -0.350 e. The molecule has 0 aliphatic rings. The smallest absolute Gasteiger partial charge is 0.264 e. The van der Waals surface area contributed by atoms with Crippen molar-refractivity contribution in [2.45, 2.75) is 77.9 Å². The van der Waals surface area contributed by atoms with Gasteiger partial charge in [-0.1, -0.05) is 72.1 Å². The lowest BCUT2D eigenvalue weighted by molar-refractivity contribution is -0.141. The minimum absolute atomic E-state index is 0.0537. The lowest BCUT2D eigenvalue weighted by Crippen LogP contribution is -2.55. The molecule has 0 bridgehead atoms. The van der Waals surface area contributed by atoms with E-state index in [1.165, 1.54) is 17.0 Å². The lowest BCUT2D eigenvalue weighted by atomic mass is 10.0. The molecular weight excluding hydrogens is 558 g/mol. The van der Waals surface area contributed by atoms with Gasteiger partial charge in [0, 0.05) is 17.1 Å². The number of sulfonamides is 1. The fraction of sp³-hybridized carbons (Fsp3) is 0.375. The number of hydrogen-bond donors (Lipinski definition) is 1. The molecular formula is C32H40ClN3O4S. The summed E-state index contributed by atoms with van der Waals surface area (Å²) in [5.74, 6) is -0.801. The van der Waals surface area contributed by atoms with Crippen molar-refractivity contribution in [1.82, 2.24) is 10.2 Å². The van der Waals surface area contributed by atoms with Crippen LogP contribution >= 0.6 is 11.6 Å². The monoisotopic (exact) mass is 597 g/mol. The van der Waals surface area contributed by atoms with E-state index in [1.54, 1.807) is 37.3 Å². The minimum atomic E-state index is -4.17. The third-order valence-corrected chi connectivity index (χ3v) is 8.90. The summed E-state index contributed by atoms with van der Waals surface area (Å²) in [5.41, 5.74) is 3.08. The van der Waals surface area contributed by atoms with Gasteiger partial charge in [0.05, 0.1) is 10.6 Å². The first-order valence-corrected chi connectivity index (χ1v) is 15.5. The Morgan fingerprint density at radius 3 is 2.15 bits per heavy atom. The SMILES string of the molecule is CC[C@@H](C(=O)NC(C)(C)C)N(Cc1cccc(C)c1)C(=O)CN(c1cccc(Cl)c1C)S(=O)(=O)c1ccc(C)cc1. The van der Waals surface area contributed by atoms with E-state index in [0.29, 0.717) is 22.7 Å². The Morgan fingerprint density at radius 1 is 0.927 bits per heavy atom. The van der Waals surface area contributed by atoms with Crippen LogP contribution in [-0.4, -0.2) is 43.3 Å². The van der Waals surface area contributed by atoms with Crippen molar-refractivity contribution < 1.29 is 18.0 Å². The van der Waals surface area contributed by atoms with Crippen LogP contribution in [0.4, 0.5) is 5.69 Å². The normalized spacial score (nSPS) is 12.5. The molecule has 0 aromatic heterocycles. The summed E-state index contributed by atoms with van der Waals surface area (Å²) in [4.78, 5) is 29.2. The zero-order chi connectivity index (χ0) is 30.5. The molecule has 220 valence electrons. The van der Waals surface area contributed by atoms with Gasteiger partial charge in [-0.2, -0.15) is 0 Å². The molecule has 9 heteroatoms. The number of carbonyl (C=O) groups is 2. The molecule has 2 amide bonds. The standard InChI is InChI=1S/C32H40ClN3O4S/c1-8-28(31(38)34-32(5,6)7)35(20-25-12-9-11-23(3)19-25)30(37)21-36(29-14-10-13-27(33)24(29)4)41(39,40)26-17-15-22(2)16-18-26/h9-19,28H,8,20-21H2,1-7H3,(H,34,38)/t28-/m0/s1. The zero-order valence-corrected chi connectivity index (χ0v) is 26.4. The topological polar surface area (TPSA) is 86.8 Å². The highest BCUT2D eigenvalue weighted by Crippen LogP contribution is 2.31. The van der Waals surface area contributed by atoms with Crippen LogP contribution in [0, 0.1) is 20.8 Å². The largest absolute Gasteiger partial charge is 0.350 e. The first-order valence-electron chi connectivity index (χ1n) is 13.7. The average Bonchev–Trinajstić information content (AvgIpc) is 2.88. The number of hydrogen-bond acceptors (Lipinski definition) is 4. The van der Waals surface area contributed by atoms with Crippen LogP contribution in [0.15, 0.2) is 71.6 Å². The van der Waals surface area contributed by atoms with Crippen LogP contribution < -0.4 is 9.62 Å². The van der Waals surface area contributed by atoms with Crippen molar-refractivity contribution in [2.75, 3.05) is 10.8 Å². The molecule has 1 N–H and O–H groups in total. The van der Waals surface area contributed by atoms with E-state index >= 15 is 0 Å². The third-order valence-electron chi connectivity index (χ3n) is 6.72. The number of nitrogens with one attached hydrogen (secondary N) is 1. The van der Waals surface area contributed by atoms with Gasteiger partial charge in [0.15, 0.2) is 0 Å². The van der Waals surface area contributed by atoms with Gasteiger partial charge in [-0.15, -0.1) is 0 Å². The molecule has 7 nitrogen and oxygen atoms in total. The van der Waals surface area contributed by atoms with E-state index in [1.807, 2.05) is 65.8 Å². The molecule has 0 radical (unpaired) electrons. The van der Waals surface area contributed by atoms with Gasteiger partial charge in [-0.3, -0.25) is 13.9 Å². The van der Waals surface area contributed by atoms with Gasteiger partial charge in [0.2, 0.25) is 11.8 Å². The molecule has 3 aromatic rings. The molecule has 0 saturated carbocycles. The van der Waals surface area contributed by atoms with Crippen LogP contribution in [0.2, 0.25) is 5.02 Å². The Hall–Kier alpha value is -3.36. The van der Waals surface area contributed by atoms with Gasteiger partial charge in [0.25, 0.3) is 10.0 Å². The summed E-state index contributed by atoms with van der Waals surface area (Å²) in [6.07, 6.45) is 0.348. The Kier molecular flexibility index (Phi) is 10.3. The maximum atomic E-state index is 14.2. The first-order chi connectivity index (χ1) is 19.1. The van der Waals surface area contributed by atoms with Crippen molar-refractivity contribution >= 4 is 39.1 Å². The van der Waals surface area contributed by atoms with E-state index in [9.17, 15) is 18.0 Å². The molecule has 0 unspecified atom stereocenters. The quantitative estimate of drug-likeness (QED) is 0.302. The van der Waals surface area contributed by atoms with Crippen molar-refractivity contribution in [1.29, 1.82) is 0 Å². The van der Waals surface area contributed by atoms with Crippen molar-refractivity contribution in [3.8, 4) is 0 Å². The third kappa shape index (κ3) is 8.11. The highest BCUT2D eigenvalue weighted by atomic mass is 35.5.